The van der Waals surface area contributed by atoms with Gasteiger partial charge in [0.2, 0.25) is 0 Å². The Morgan fingerprint density at radius 3 is 2.90 bits per heavy atom. The zero-order chi connectivity index (χ0) is 14.8. The first-order chi connectivity index (χ1) is 9.49. The van der Waals surface area contributed by atoms with E-state index in [1.54, 1.807) is 13.2 Å². The molecule has 106 valence electrons. The second-order valence-corrected chi connectivity index (χ2v) is 5.33. The SMILES string of the molecule is COC1(C)CCCN(c2ccc(C(=O)O)cc2C#N)C1. The fourth-order valence-electron chi connectivity index (χ4n) is 2.61. The molecule has 1 aromatic rings. The molecule has 1 saturated heterocycles. The summed E-state index contributed by atoms with van der Waals surface area (Å²) >= 11 is 0. The maximum Gasteiger partial charge on any atom is 0.335 e. The molecular weight excluding hydrogens is 256 g/mol. The van der Waals surface area contributed by atoms with Gasteiger partial charge < -0.3 is 14.7 Å². The van der Waals surface area contributed by atoms with Crippen LogP contribution in [-0.2, 0) is 4.74 Å². The second kappa shape index (κ2) is 5.51. The highest BCUT2D eigenvalue weighted by molar-refractivity contribution is 5.89. The van der Waals surface area contributed by atoms with Gasteiger partial charge in [-0.15, -0.1) is 0 Å². The number of hydrogen-bond donors (Lipinski definition) is 1. The molecular formula is C15H18N2O3. The van der Waals surface area contributed by atoms with Crippen molar-refractivity contribution >= 4 is 11.7 Å². The minimum atomic E-state index is -1.02. The molecule has 0 aromatic heterocycles. The van der Waals surface area contributed by atoms with E-state index in [0.29, 0.717) is 12.1 Å². The Hall–Kier alpha value is -2.06. The number of rotatable bonds is 3. The van der Waals surface area contributed by atoms with Crippen LogP contribution in [0, 0.1) is 11.3 Å². The number of hydrogen-bond acceptors (Lipinski definition) is 4. The standard InChI is InChI=1S/C15H18N2O3/c1-15(20-2)6-3-7-17(10-15)13-5-4-11(14(18)19)8-12(13)9-16/h4-5,8H,3,6-7,10H2,1-2H3,(H,18,19). The summed E-state index contributed by atoms with van der Waals surface area (Å²) in [6, 6.07) is 6.77. The minimum Gasteiger partial charge on any atom is -0.478 e. The predicted octanol–water partition coefficient (Wildman–Crippen LogP) is 2.26. The number of piperidine rings is 1. The fraction of sp³-hybridized carbons (Fsp3) is 0.467. The lowest BCUT2D eigenvalue weighted by atomic mass is 9.93. The van der Waals surface area contributed by atoms with Gasteiger partial charge in [0.25, 0.3) is 0 Å². The van der Waals surface area contributed by atoms with Crippen LogP contribution < -0.4 is 4.90 Å². The summed E-state index contributed by atoms with van der Waals surface area (Å²) in [5, 5.41) is 18.2. The van der Waals surface area contributed by atoms with Crippen molar-refractivity contribution in [3.8, 4) is 6.07 Å². The number of carbonyl (C=O) groups is 1. The van der Waals surface area contributed by atoms with E-state index in [0.717, 1.165) is 25.1 Å². The lowest BCUT2D eigenvalue weighted by Gasteiger charge is -2.41. The van der Waals surface area contributed by atoms with Crippen LogP contribution in [0.4, 0.5) is 5.69 Å². The van der Waals surface area contributed by atoms with Crippen molar-refractivity contribution in [1.82, 2.24) is 0 Å². The first kappa shape index (κ1) is 14.4. The lowest BCUT2D eigenvalue weighted by Crippen LogP contribution is -2.47. The van der Waals surface area contributed by atoms with E-state index >= 15 is 0 Å². The topological polar surface area (TPSA) is 73.6 Å². The van der Waals surface area contributed by atoms with E-state index in [4.69, 9.17) is 9.84 Å². The molecule has 1 atom stereocenters. The van der Waals surface area contributed by atoms with Crippen LogP contribution >= 0.6 is 0 Å². The molecule has 1 aliphatic rings. The molecule has 0 bridgehead atoms. The van der Waals surface area contributed by atoms with Crippen molar-refractivity contribution in [2.45, 2.75) is 25.4 Å². The molecule has 1 unspecified atom stereocenters. The molecule has 1 fully saturated rings. The van der Waals surface area contributed by atoms with Gasteiger partial charge in [-0.1, -0.05) is 0 Å². The van der Waals surface area contributed by atoms with E-state index in [-0.39, 0.29) is 11.2 Å². The third kappa shape index (κ3) is 2.75. The van der Waals surface area contributed by atoms with Gasteiger partial charge in [0.1, 0.15) is 6.07 Å². The van der Waals surface area contributed by atoms with E-state index in [1.807, 2.05) is 0 Å². The molecule has 1 aromatic carbocycles. The lowest BCUT2D eigenvalue weighted by molar-refractivity contribution is -0.00466. The number of methoxy groups -OCH3 is 1. The van der Waals surface area contributed by atoms with Crippen molar-refractivity contribution in [2.75, 3.05) is 25.1 Å². The highest BCUT2D eigenvalue weighted by Crippen LogP contribution is 2.30. The Labute approximate surface area is 118 Å². The Morgan fingerprint density at radius 1 is 1.55 bits per heavy atom. The Kier molecular flexibility index (Phi) is 3.96. The number of carboxylic acids is 1. The molecule has 1 heterocycles. The largest absolute Gasteiger partial charge is 0.478 e. The summed E-state index contributed by atoms with van der Waals surface area (Å²) in [6.45, 7) is 3.60. The van der Waals surface area contributed by atoms with Gasteiger partial charge in [-0.25, -0.2) is 4.79 Å². The van der Waals surface area contributed by atoms with Crippen molar-refractivity contribution in [3.05, 3.63) is 29.3 Å². The average molecular weight is 274 g/mol. The summed E-state index contributed by atoms with van der Waals surface area (Å²) in [5.74, 6) is -1.02. The van der Waals surface area contributed by atoms with Gasteiger partial charge in [0.05, 0.1) is 22.4 Å². The summed E-state index contributed by atoms with van der Waals surface area (Å²) in [6.07, 6.45) is 1.96. The zero-order valence-electron chi connectivity index (χ0n) is 11.7. The second-order valence-electron chi connectivity index (χ2n) is 5.33. The molecule has 0 spiro atoms. The molecule has 20 heavy (non-hydrogen) atoms. The van der Waals surface area contributed by atoms with E-state index in [9.17, 15) is 10.1 Å². The Bertz CT molecular complexity index is 565. The van der Waals surface area contributed by atoms with Crippen molar-refractivity contribution in [1.29, 1.82) is 5.26 Å². The molecule has 0 amide bonds. The first-order valence-corrected chi connectivity index (χ1v) is 6.56. The normalized spacial score (nSPS) is 22.4. The van der Waals surface area contributed by atoms with Crippen molar-refractivity contribution in [2.24, 2.45) is 0 Å². The maximum absolute atomic E-state index is 11.0. The van der Waals surface area contributed by atoms with Crippen LogP contribution in [0.3, 0.4) is 0 Å². The fourth-order valence-corrected chi connectivity index (χ4v) is 2.61. The number of aromatic carboxylic acids is 1. The monoisotopic (exact) mass is 274 g/mol. The molecule has 0 aliphatic carbocycles. The third-order valence-electron chi connectivity index (χ3n) is 3.86. The van der Waals surface area contributed by atoms with Crippen LogP contribution in [0.25, 0.3) is 0 Å². The van der Waals surface area contributed by atoms with Gasteiger partial charge in [0, 0.05) is 20.2 Å². The summed E-state index contributed by atoms with van der Waals surface area (Å²) in [7, 11) is 1.70. The van der Waals surface area contributed by atoms with Crippen molar-refractivity contribution < 1.29 is 14.6 Å². The summed E-state index contributed by atoms with van der Waals surface area (Å²) in [5.41, 5.74) is 1.08. The molecule has 5 heteroatoms. The van der Waals surface area contributed by atoms with Crippen LogP contribution in [0.2, 0.25) is 0 Å². The van der Waals surface area contributed by atoms with E-state index in [2.05, 4.69) is 17.9 Å². The van der Waals surface area contributed by atoms with Gasteiger partial charge in [-0.05, 0) is 38.0 Å². The van der Waals surface area contributed by atoms with Crippen molar-refractivity contribution in [3.63, 3.8) is 0 Å². The molecule has 5 nitrogen and oxygen atoms in total. The molecule has 0 saturated carbocycles. The predicted molar refractivity (Wildman–Crippen MR) is 75.0 cm³/mol. The van der Waals surface area contributed by atoms with Crippen LogP contribution in [0.15, 0.2) is 18.2 Å². The van der Waals surface area contributed by atoms with E-state index in [1.165, 1.54) is 12.1 Å². The van der Waals surface area contributed by atoms with Gasteiger partial charge in [0.15, 0.2) is 0 Å². The Balaban J connectivity index is 2.33. The minimum absolute atomic E-state index is 0.136. The number of benzene rings is 1. The summed E-state index contributed by atoms with van der Waals surface area (Å²) in [4.78, 5) is 13.1. The van der Waals surface area contributed by atoms with Crippen LogP contribution in [0.5, 0.6) is 0 Å². The Morgan fingerprint density at radius 2 is 2.30 bits per heavy atom. The molecule has 2 rings (SSSR count). The number of nitriles is 1. The number of anilines is 1. The van der Waals surface area contributed by atoms with Crippen LogP contribution in [-0.4, -0.2) is 36.9 Å². The number of carboxylic acid groups (broad SMARTS) is 1. The first-order valence-electron chi connectivity index (χ1n) is 6.56. The van der Waals surface area contributed by atoms with Crippen LogP contribution in [0.1, 0.15) is 35.7 Å². The molecule has 1 aliphatic heterocycles. The van der Waals surface area contributed by atoms with Gasteiger partial charge in [-0.2, -0.15) is 5.26 Å². The molecule has 1 N–H and O–H groups in total. The maximum atomic E-state index is 11.0. The number of ether oxygens (including phenoxy) is 1. The third-order valence-corrected chi connectivity index (χ3v) is 3.86. The van der Waals surface area contributed by atoms with E-state index < -0.39 is 5.97 Å². The quantitative estimate of drug-likeness (QED) is 0.915. The van der Waals surface area contributed by atoms with Gasteiger partial charge in [-0.3, -0.25) is 0 Å². The van der Waals surface area contributed by atoms with Gasteiger partial charge >= 0.3 is 5.97 Å². The smallest absolute Gasteiger partial charge is 0.335 e. The highest BCUT2D eigenvalue weighted by atomic mass is 16.5. The number of nitrogens with zero attached hydrogens (tertiary/aromatic N) is 2. The molecule has 0 radical (unpaired) electrons. The summed E-state index contributed by atoms with van der Waals surface area (Å²) < 4.78 is 5.55. The highest BCUT2D eigenvalue weighted by Gasteiger charge is 2.31. The zero-order valence-corrected chi connectivity index (χ0v) is 11.7. The average Bonchev–Trinajstić information content (AvgIpc) is 2.46.